The van der Waals surface area contributed by atoms with Gasteiger partial charge in [-0.3, -0.25) is 0 Å². The fourth-order valence-corrected chi connectivity index (χ4v) is 5.64. The van der Waals surface area contributed by atoms with Gasteiger partial charge in [-0.2, -0.15) is 0 Å². The molecule has 0 radical (unpaired) electrons. The molecule has 176 valence electrons. The third-order valence-corrected chi connectivity index (χ3v) is 7.36. The Hall–Kier alpha value is -4.82. The van der Waals surface area contributed by atoms with Gasteiger partial charge in [-0.1, -0.05) is 104 Å². The summed E-state index contributed by atoms with van der Waals surface area (Å²) in [7, 11) is 0. The summed E-state index contributed by atoms with van der Waals surface area (Å²) in [5.74, 6) is 0. The van der Waals surface area contributed by atoms with Crippen LogP contribution in [0.25, 0.3) is 39.1 Å². The molecule has 1 aliphatic rings. The molecular weight excluding hydrogens is 448 g/mol. The molecular formula is C35H26N2. The maximum Gasteiger partial charge on any atom is 0.0640 e. The summed E-state index contributed by atoms with van der Waals surface area (Å²) >= 11 is 0. The van der Waals surface area contributed by atoms with Gasteiger partial charge in [-0.25, -0.2) is 0 Å². The van der Waals surface area contributed by atoms with Gasteiger partial charge in [-0.05, 0) is 53.1 Å². The standard InChI is InChI=1S/C35H26N2/c1-25-20-21-26-12-8-9-13-27(26)24-36(28-14-4-2-5-15-28)33-23-22-31-30-18-10-11-19-32(30)37(35(31)34(25)33)29-16-6-3-7-17-29/h2-23H,1,24H2/b21-20-. The molecule has 5 aromatic carbocycles. The lowest BCUT2D eigenvalue weighted by Crippen LogP contribution is -2.18. The van der Waals surface area contributed by atoms with Crippen molar-refractivity contribution in [2.45, 2.75) is 6.54 Å². The van der Waals surface area contributed by atoms with Crippen LogP contribution in [-0.4, -0.2) is 4.57 Å². The smallest absolute Gasteiger partial charge is 0.0640 e. The van der Waals surface area contributed by atoms with Crippen molar-refractivity contribution < 1.29 is 0 Å². The van der Waals surface area contributed by atoms with Crippen molar-refractivity contribution in [3.8, 4) is 5.69 Å². The van der Waals surface area contributed by atoms with E-state index in [4.69, 9.17) is 0 Å². The number of rotatable bonds is 2. The van der Waals surface area contributed by atoms with Crippen LogP contribution in [0.2, 0.25) is 0 Å². The van der Waals surface area contributed by atoms with Crippen molar-refractivity contribution in [1.29, 1.82) is 0 Å². The van der Waals surface area contributed by atoms with E-state index in [2.05, 4.69) is 150 Å². The molecule has 0 amide bonds. The molecule has 0 unspecified atom stereocenters. The summed E-state index contributed by atoms with van der Waals surface area (Å²) in [5, 5.41) is 2.48. The molecule has 37 heavy (non-hydrogen) atoms. The first-order valence-corrected chi connectivity index (χ1v) is 12.7. The van der Waals surface area contributed by atoms with Crippen LogP contribution in [0, 0.1) is 0 Å². The van der Waals surface area contributed by atoms with Crippen LogP contribution < -0.4 is 4.90 Å². The number of hydrogen-bond donors (Lipinski definition) is 0. The highest BCUT2D eigenvalue weighted by Crippen LogP contribution is 2.44. The molecule has 1 aromatic heterocycles. The molecule has 0 saturated carbocycles. The molecule has 0 atom stereocenters. The third kappa shape index (κ3) is 3.49. The number of allylic oxidation sites excluding steroid dienone is 2. The van der Waals surface area contributed by atoms with Crippen molar-refractivity contribution in [2.24, 2.45) is 0 Å². The van der Waals surface area contributed by atoms with Crippen LogP contribution in [0.3, 0.4) is 0 Å². The topological polar surface area (TPSA) is 8.17 Å². The molecule has 1 aliphatic heterocycles. The maximum absolute atomic E-state index is 4.63. The Bertz CT molecular complexity index is 1810. The summed E-state index contributed by atoms with van der Waals surface area (Å²) in [5.41, 5.74) is 10.5. The van der Waals surface area contributed by atoms with Gasteiger partial charge in [-0.15, -0.1) is 0 Å². The van der Waals surface area contributed by atoms with Crippen LogP contribution in [0.1, 0.15) is 16.7 Å². The molecule has 2 heteroatoms. The van der Waals surface area contributed by atoms with E-state index < -0.39 is 0 Å². The molecule has 0 aliphatic carbocycles. The first-order chi connectivity index (χ1) is 18.3. The number of hydrogen-bond acceptors (Lipinski definition) is 1. The zero-order chi connectivity index (χ0) is 24.8. The van der Waals surface area contributed by atoms with Crippen LogP contribution in [0.4, 0.5) is 11.4 Å². The van der Waals surface area contributed by atoms with Crippen molar-refractivity contribution in [1.82, 2.24) is 4.57 Å². The Labute approximate surface area is 217 Å². The minimum atomic E-state index is 0.766. The van der Waals surface area contributed by atoms with Crippen LogP contribution in [0.5, 0.6) is 0 Å². The number of para-hydroxylation sites is 3. The van der Waals surface area contributed by atoms with E-state index in [-0.39, 0.29) is 0 Å². The number of benzene rings is 5. The molecule has 0 fully saturated rings. The quantitative estimate of drug-likeness (QED) is 0.243. The van der Waals surface area contributed by atoms with Gasteiger partial charge in [0.25, 0.3) is 0 Å². The summed E-state index contributed by atoms with van der Waals surface area (Å²) in [4.78, 5) is 2.43. The lowest BCUT2D eigenvalue weighted by atomic mass is 9.99. The minimum absolute atomic E-state index is 0.766. The van der Waals surface area contributed by atoms with Crippen LogP contribution in [-0.2, 0) is 6.54 Å². The molecule has 0 saturated heterocycles. The lowest BCUT2D eigenvalue weighted by molar-refractivity contribution is 0.971. The zero-order valence-corrected chi connectivity index (χ0v) is 20.5. The van der Waals surface area contributed by atoms with E-state index in [0.29, 0.717) is 0 Å². The van der Waals surface area contributed by atoms with Gasteiger partial charge < -0.3 is 9.47 Å². The highest BCUT2D eigenvalue weighted by molar-refractivity contribution is 6.15. The number of anilines is 2. The highest BCUT2D eigenvalue weighted by Gasteiger charge is 2.24. The van der Waals surface area contributed by atoms with Crippen LogP contribution >= 0.6 is 0 Å². The normalized spacial score (nSPS) is 14.1. The van der Waals surface area contributed by atoms with Crippen molar-refractivity contribution in [2.75, 3.05) is 4.90 Å². The molecule has 0 spiro atoms. The van der Waals surface area contributed by atoms with Gasteiger partial charge in [0, 0.05) is 34.3 Å². The van der Waals surface area contributed by atoms with E-state index in [0.717, 1.165) is 34.7 Å². The second-order valence-electron chi connectivity index (χ2n) is 9.52. The number of fused-ring (bicyclic) bond motifs is 6. The fourth-order valence-electron chi connectivity index (χ4n) is 5.64. The Morgan fingerprint density at radius 1 is 0.568 bits per heavy atom. The van der Waals surface area contributed by atoms with Crippen molar-refractivity contribution in [3.63, 3.8) is 0 Å². The predicted molar refractivity (Wildman–Crippen MR) is 158 cm³/mol. The predicted octanol–water partition coefficient (Wildman–Crippen LogP) is 9.16. The van der Waals surface area contributed by atoms with Gasteiger partial charge >= 0.3 is 0 Å². The Morgan fingerprint density at radius 2 is 1.24 bits per heavy atom. The van der Waals surface area contributed by atoms with Crippen molar-refractivity contribution in [3.05, 3.63) is 151 Å². The van der Waals surface area contributed by atoms with E-state index in [9.17, 15) is 0 Å². The minimum Gasteiger partial charge on any atom is -0.336 e. The lowest BCUT2D eigenvalue weighted by Gasteiger charge is -2.28. The maximum atomic E-state index is 4.63. The molecule has 7 rings (SSSR count). The third-order valence-electron chi connectivity index (χ3n) is 7.36. The fraction of sp³-hybridized carbons (Fsp3) is 0.0286. The average molecular weight is 475 g/mol. The molecule has 0 bridgehead atoms. The Kier molecular flexibility index (Phi) is 5.04. The summed E-state index contributed by atoms with van der Waals surface area (Å²) in [6, 6.07) is 43.2. The largest absolute Gasteiger partial charge is 0.336 e. The summed E-state index contributed by atoms with van der Waals surface area (Å²) < 4.78 is 2.40. The summed E-state index contributed by atoms with van der Waals surface area (Å²) in [6.45, 7) is 5.39. The molecule has 2 heterocycles. The SMILES string of the molecule is C=C1/C=C\c2ccccc2CN(c2ccccc2)c2ccc3c4ccccc4n(-c4ccccc4)c3c21. The van der Waals surface area contributed by atoms with Gasteiger partial charge in [0.1, 0.15) is 0 Å². The number of aromatic nitrogens is 1. The Balaban J connectivity index is 1.62. The Morgan fingerprint density at radius 3 is 2.05 bits per heavy atom. The summed E-state index contributed by atoms with van der Waals surface area (Å²) in [6.07, 6.45) is 4.39. The monoisotopic (exact) mass is 474 g/mol. The average Bonchev–Trinajstić information content (AvgIpc) is 3.32. The number of nitrogens with zero attached hydrogens (tertiary/aromatic N) is 2. The van der Waals surface area contributed by atoms with Crippen molar-refractivity contribution >= 4 is 44.8 Å². The van der Waals surface area contributed by atoms with E-state index in [1.807, 2.05) is 0 Å². The van der Waals surface area contributed by atoms with Gasteiger partial charge in [0.15, 0.2) is 0 Å². The first-order valence-electron chi connectivity index (χ1n) is 12.7. The second kappa shape index (κ2) is 8.69. The molecule has 2 nitrogen and oxygen atoms in total. The zero-order valence-electron chi connectivity index (χ0n) is 20.5. The van der Waals surface area contributed by atoms with E-state index in [1.54, 1.807) is 0 Å². The molecule has 0 N–H and O–H groups in total. The van der Waals surface area contributed by atoms with E-state index in [1.165, 1.54) is 32.9 Å². The van der Waals surface area contributed by atoms with Crippen LogP contribution in [0.15, 0.2) is 134 Å². The first kappa shape index (κ1) is 21.5. The van der Waals surface area contributed by atoms with Gasteiger partial charge in [0.2, 0.25) is 0 Å². The van der Waals surface area contributed by atoms with Gasteiger partial charge in [0.05, 0.1) is 16.7 Å². The highest BCUT2D eigenvalue weighted by atomic mass is 15.1. The molecule has 6 aromatic rings. The van der Waals surface area contributed by atoms with E-state index >= 15 is 0 Å². The second-order valence-corrected chi connectivity index (χ2v) is 9.52.